The first-order chi connectivity index (χ1) is 8.02. The molecule has 1 aromatic carbocycles. The molecule has 0 bridgehead atoms. The Hall–Kier alpha value is -1.13. The van der Waals surface area contributed by atoms with Crippen molar-refractivity contribution in [2.45, 2.75) is 6.92 Å². The lowest BCUT2D eigenvalue weighted by Gasteiger charge is -2.14. The van der Waals surface area contributed by atoms with Gasteiger partial charge >= 0.3 is 0 Å². The van der Waals surface area contributed by atoms with E-state index in [0.717, 1.165) is 15.7 Å². The van der Waals surface area contributed by atoms with Crippen LogP contribution in [0.2, 0.25) is 0 Å². The summed E-state index contributed by atoms with van der Waals surface area (Å²) in [6.07, 6.45) is 1.78. The van der Waals surface area contributed by atoms with Crippen molar-refractivity contribution in [1.82, 2.24) is 4.90 Å². The molecule has 3 nitrogen and oxygen atoms in total. The Morgan fingerprint density at radius 3 is 2.88 bits per heavy atom. The third-order valence-electron chi connectivity index (χ3n) is 2.32. The molecule has 1 rings (SSSR count). The van der Waals surface area contributed by atoms with E-state index in [9.17, 15) is 4.79 Å². The minimum Gasteiger partial charge on any atom is -0.325 e. The first kappa shape index (κ1) is 13.9. The Morgan fingerprint density at radius 2 is 2.29 bits per heavy atom. The number of halogens is 1. The summed E-state index contributed by atoms with van der Waals surface area (Å²) in [6.45, 7) is 6.67. The van der Waals surface area contributed by atoms with E-state index in [1.165, 1.54) is 0 Å². The van der Waals surface area contributed by atoms with E-state index >= 15 is 0 Å². The van der Waals surface area contributed by atoms with Gasteiger partial charge in [-0.2, -0.15) is 0 Å². The lowest BCUT2D eigenvalue weighted by atomic mass is 10.2. The highest BCUT2D eigenvalue weighted by Gasteiger charge is 2.07. The number of likely N-dealkylation sites (N-methyl/N-ethyl adjacent to an activating group) is 1. The van der Waals surface area contributed by atoms with Gasteiger partial charge in [0.2, 0.25) is 5.91 Å². The van der Waals surface area contributed by atoms with Crippen LogP contribution in [-0.4, -0.2) is 30.9 Å². The standard InChI is InChI=1S/C13H17BrN2O/c1-4-7-16(3)9-13(17)15-12-6-5-11(14)8-10(12)2/h4-6,8H,1,7,9H2,2-3H3,(H,15,17). The monoisotopic (exact) mass is 296 g/mol. The summed E-state index contributed by atoms with van der Waals surface area (Å²) in [5, 5.41) is 2.89. The van der Waals surface area contributed by atoms with Crippen LogP contribution in [0.3, 0.4) is 0 Å². The van der Waals surface area contributed by atoms with Crippen molar-refractivity contribution >= 4 is 27.5 Å². The number of aryl methyl sites for hydroxylation is 1. The van der Waals surface area contributed by atoms with E-state index in [4.69, 9.17) is 0 Å². The van der Waals surface area contributed by atoms with Gasteiger partial charge in [0.1, 0.15) is 0 Å². The van der Waals surface area contributed by atoms with Gasteiger partial charge in [-0.1, -0.05) is 22.0 Å². The molecule has 0 unspecified atom stereocenters. The van der Waals surface area contributed by atoms with Gasteiger partial charge in [0.15, 0.2) is 0 Å². The zero-order chi connectivity index (χ0) is 12.8. The number of benzene rings is 1. The number of anilines is 1. The van der Waals surface area contributed by atoms with Crippen LogP contribution in [0.4, 0.5) is 5.69 Å². The molecular formula is C13H17BrN2O. The summed E-state index contributed by atoms with van der Waals surface area (Å²) < 4.78 is 1.01. The number of carbonyl (C=O) groups excluding carboxylic acids is 1. The Balaban J connectivity index is 2.59. The van der Waals surface area contributed by atoms with Crippen molar-refractivity contribution in [3.63, 3.8) is 0 Å². The predicted octanol–water partition coefficient (Wildman–Crippen LogP) is 2.81. The molecule has 4 heteroatoms. The number of amides is 1. The third-order valence-corrected chi connectivity index (χ3v) is 2.81. The van der Waals surface area contributed by atoms with Crippen LogP contribution in [0.5, 0.6) is 0 Å². The molecular weight excluding hydrogens is 280 g/mol. The highest BCUT2D eigenvalue weighted by Crippen LogP contribution is 2.19. The summed E-state index contributed by atoms with van der Waals surface area (Å²) in [5.41, 5.74) is 1.89. The van der Waals surface area contributed by atoms with Gasteiger partial charge in [0.05, 0.1) is 6.54 Å². The van der Waals surface area contributed by atoms with Crippen LogP contribution >= 0.6 is 15.9 Å². The Kier molecular flexibility index (Phi) is 5.38. The van der Waals surface area contributed by atoms with Crippen LogP contribution in [-0.2, 0) is 4.79 Å². The molecule has 1 amide bonds. The average Bonchev–Trinajstić information content (AvgIpc) is 2.22. The van der Waals surface area contributed by atoms with E-state index < -0.39 is 0 Å². The molecule has 1 aromatic rings. The fraction of sp³-hybridized carbons (Fsp3) is 0.308. The fourth-order valence-electron chi connectivity index (χ4n) is 1.49. The van der Waals surface area contributed by atoms with Crippen LogP contribution in [0.1, 0.15) is 5.56 Å². The van der Waals surface area contributed by atoms with E-state index in [2.05, 4.69) is 27.8 Å². The first-order valence-electron chi connectivity index (χ1n) is 5.38. The van der Waals surface area contributed by atoms with Gasteiger partial charge in [-0.05, 0) is 37.7 Å². The maximum Gasteiger partial charge on any atom is 0.238 e. The van der Waals surface area contributed by atoms with Gasteiger partial charge in [0, 0.05) is 16.7 Å². The van der Waals surface area contributed by atoms with Crippen molar-refractivity contribution in [1.29, 1.82) is 0 Å². The zero-order valence-corrected chi connectivity index (χ0v) is 11.8. The lowest BCUT2D eigenvalue weighted by molar-refractivity contribution is -0.116. The number of rotatable bonds is 5. The molecule has 17 heavy (non-hydrogen) atoms. The maximum absolute atomic E-state index is 11.7. The largest absolute Gasteiger partial charge is 0.325 e. The number of nitrogens with zero attached hydrogens (tertiary/aromatic N) is 1. The predicted molar refractivity (Wildman–Crippen MR) is 75.2 cm³/mol. The zero-order valence-electron chi connectivity index (χ0n) is 10.2. The summed E-state index contributed by atoms with van der Waals surface area (Å²) in [5.74, 6) is -0.0141. The molecule has 0 aromatic heterocycles. The summed E-state index contributed by atoms with van der Waals surface area (Å²) in [6, 6.07) is 5.78. The molecule has 1 N–H and O–H groups in total. The second-order valence-electron chi connectivity index (χ2n) is 3.99. The van der Waals surface area contributed by atoms with Gasteiger partial charge in [-0.3, -0.25) is 9.69 Å². The first-order valence-corrected chi connectivity index (χ1v) is 6.17. The topological polar surface area (TPSA) is 32.3 Å². The molecule has 0 fully saturated rings. The minimum absolute atomic E-state index is 0.0141. The molecule has 0 aliphatic rings. The highest BCUT2D eigenvalue weighted by atomic mass is 79.9. The SMILES string of the molecule is C=CCN(C)CC(=O)Nc1ccc(Br)cc1C. The second kappa shape index (κ2) is 6.57. The van der Waals surface area contributed by atoms with E-state index in [1.807, 2.05) is 37.1 Å². The van der Waals surface area contributed by atoms with Crippen LogP contribution in [0.15, 0.2) is 35.3 Å². The molecule has 0 atom stereocenters. The van der Waals surface area contributed by atoms with Crippen molar-refractivity contribution in [3.8, 4) is 0 Å². The van der Waals surface area contributed by atoms with E-state index in [0.29, 0.717) is 13.1 Å². The molecule has 0 aliphatic carbocycles. The van der Waals surface area contributed by atoms with E-state index in [-0.39, 0.29) is 5.91 Å². The molecule has 0 saturated carbocycles. The van der Waals surface area contributed by atoms with Crippen LogP contribution in [0.25, 0.3) is 0 Å². The van der Waals surface area contributed by atoms with Crippen molar-refractivity contribution in [3.05, 3.63) is 40.9 Å². The Labute approximate surface area is 111 Å². The minimum atomic E-state index is -0.0141. The number of carbonyl (C=O) groups is 1. The molecule has 0 aliphatic heterocycles. The third kappa shape index (κ3) is 4.71. The normalized spacial score (nSPS) is 10.4. The number of hydrogen-bond donors (Lipinski definition) is 1. The van der Waals surface area contributed by atoms with Gasteiger partial charge in [-0.25, -0.2) is 0 Å². The van der Waals surface area contributed by atoms with Gasteiger partial charge in [0.25, 0.3) is 0 Å². The number of nitrogens with one attached hydrogen (secondary N) is 1. The maximum atomic E-state index is 11.7. The molecule has 0 radical (unpaired) electrons. The summed E-state index contributed by atoms with van der Waals surface area (Å²) in [7, 11) is 1.88. The van der Waals surface area contributed by atoms with E-state index in [1.54, 1.807) is 6.08 Å². The van der Waals surface area contributed by atoms with Crippen molar-refractivity contribution < 1.29 is 4.79 Å². The fourth-order valence-corrected chi connectivity index (χ4v) is 1.96. The molecule has 0 saturated heterocycles. The van der Waals surface area contributed by atoms with Crippen LogP contribution in [0, 0.1) is 6.92 Å². The summed E-state index contributed by atoms with van der Waals surface area (Å²) in [4.78, 5) is 13.6. The van der Waals surface area contributed by atoms with Gasteiger partial charge in [-0.15, -0.1) is 6.58 Å². The summed E-state index contributed by atoms with van der Waals surface area (Å²) >= 11 is 3.39. The highest BCUT2D eigenvalue weighted by molar-refractivity contribution is 9.10. The quantitative estimate of drug-likeness (QED) is 0.848. The molecule has 92 valence electrons. The van der Waals surface area contributed by atoms with Crippen molar-refractivity contribution in [2.24, 2.45) is 0 Å². The Morgan fingerprint density at radius 1 is 1.59 bits per heavy atom. The second-order valence-corrected chi connectivity index (χ2v) is 4.91. The van der Waals surface area contributed by atoms with Crippen LogP contribution < -0.4 is 5.32 Å². The average molecular weight is 297 g/mol. The smallest absolute Gasteiger partial charge is 0.238 e. The molecule has 0 spiro atoms. The lowest BCUT2D eigenvalue weighted by Crippen LogP contribution is -2.30. The van der Waals surface area contributed by atoms with Crippen molar-refractivity contribution in [2.75, 3.05) is 25.5 Å². The molecule has 0 heterocycles. The Bertz CT molecular complexity index is 418. The van der Waals surface area contributed by atoms with Gasteiger partial charge < -0.3 is 5.32 Å². The number of hydrogen-bond acceptors (Lipinski definition) is 2.